The van der Waals surface area contributed by atoms with Crippen LogP contribution in [0.3, 0.4) is 0 Å². The van der Waals surface area contributed by atoms with Gasteiger partial charge in [0.1, 0.15) is 0 Å². The third-order valence-electron chi connectivity index (χ3n) is 1.76. The van der Waals surface area contributed by atoms with Gasteiger partial charge in [0.15, 0.2) is 0 Å². The summed E-state index contributed by atoms with van der Waals surface area (Å²) >= 11 is 1.61. The van der Waals surface area contributed by atoms with Crippen LogP contribution in [-0.4, -0.2) is 10.9 Å². The molecule has 1 atom stereocenters. The van der Waals surface area contributed by atoms with E-state index >= 15 is 0 Å². The zero-order valence-electron chi connectivity index (χ0n) is 6.99. The summed E-state index contributed by atoms with van der Waals surface area (Å²) in [4.78, 5) is 14.8. The summed E-state index contributed by atoms with van der Waals surface area (Å²) in [7, 11) is 0. The topological polar surface area (TPSA) is 56.0 Å². The van der Waals surface area contributed by atoms with Gasteiger partial charge in [0.2, 0.25) is 5.91 Å². The first-order chi connectivity index (χ1) is 5.70. The van der Waals surface area contributed by atoms with Gasteiger partial charge in [-0.15, -0.1) is 11.3 Å². The van der Waals surface area contributed by atoms with Gasteiger partial charge in [-0.2, -0.15) is 0 Å². The molecule has 0 saturated heterocycles. The molecule has 0 aliphatic carbocycles. The summed E-state index contributed by atoms with van der Waals surface area (Å²) in [6.45, 7) is 1.84. The molecule has 2 N–H and O–H groups in total. The van der Waals surface area contributed by atoms with Crippen LogP contribution in [0.25, 0.3) is 0 Å². The predicted molar refractivity (Wildman–Crippen MR) is 48.8 cm³/mol. The second-order valence-corrected chi connectivity index (χ2v) is 3.75. The second kappa shape index (κ2) is 4.21. The highest BCUT2D eigenvalue weighted by molar-refractivity contribution is 7.09. The molecule has 0 fully saturated rings. The minimum absolute atomic E-state index is 0.0473. The number of thiazole rings is 1. The Hall–Kier alpha value is -0.900. The van der Waals surface area contributed by atoms with Crippen molar-refractivity contribution in [2.75, 3.05) is 0 Å². The molecular weight excluding hydrogens is 172 g/mol. The molecule has 0 aliphatic rings. The molecule has 1 aromatic heterocycles. The molecule has 0 radical (unpaired) electrons. The van der Waals surface area contributed by atoms with Crippen LogP contribution >= 0.6 is 11.3 Å². The van der Waals surface area contributed by atoms with Crippen molar-refractivity contribution >= 4 is 17.2 Å². The first-order valence-corrected chi connectivity index (χ1v) is 4.76. The molecule has 1 rings (SSSR count). The molecular formula is C8H12N2OS. The first-order valence-electron chi connectivity index (χ1n) is 3.88. The van der Waals surface area contributed by atoms with Gasteiger partial charge in [-0.1, -0.05) is 6.92 Å². The summed E-state index contributed by atoms with van der Waals surface area (Å²) in [6, 6.07) is 0. The number of nitrogens with two attached hydrogens (primary N) is 1. The third kappa shape index (κ3) is 2.62. The number of primary amides is 1. The zero-order chi connectivity index (χ0) is 8.97. The molecule has 3 nitrogen and oxygen atoms in total. The number of aromatic nitrogens is 1. The van der Waals surface area contributed by atoms with Crippen LogP contribution in [0.5, 0.6) is 0 Å². The van der Waals surface area contributed by atoms with E-state index in [-0.39, 0.29) is 11.8 Å². The summed E-state index contributed by atoms with van der Waals surface area (Å²) in [5.74, 6) is -0.277. The maximum Gasteiger partial charge on any atom is 0.220 e. The van der Waals surface area contributed by atoms with E-state index in [0.717, 1.165) is 17.8 Å². The minimum atomic E-state index is -0.230. The third-order valence-corrected chi connectivity index (χ3v) is 2.60. The minimum Gasteiger partial charge on any atom is -0.369 e. The Balaban J connectivity index is 2.31. The largest absolute Gasteiger partial charge is 0.369 e. The monoisotopic (exact) mass is 184 g/mol. The standard InChI is InChI=1S/C8H12N2OS/c1-6(8(9)11)2-3-7-10-4-5-12-7/h4-6H,2-3H2,1H3,(H2,9,11). The normalized spacial score (nSPS) is 12.8. The summed E-state index contributed by atoms with van der Waals surface area (Å²) in [6.07, 6.45) is 3.42. The summed E-state index contributed by atoms with van der Waals surface area (Å²) < 4.78 is 0. The first kappa shape index (κ1) is 9.19. The zero-order valence-corrected chi connectivity index (χ0v) is 7.80. The van der Waals surface area contributed by atoms with E-state index in [0.29, 0.717) is 0 Å². The Bertz CT molecular complexity index is 246. The van der Waals surface area contributed by atoms with E-state index in [2.05, 4.69) is 4.98 Å². The number of carbonyl (C=O) groups is 1. The van der Waals surface area contributed by atoms with Crippen LogP contribution in [-0.2, 0) is 11.2 Å². The van der Waals surface area contributed by atoms with Crippen LogP contribution < -0.4 is 5.73 Å². The van der Waals surface area contributed by atoms with E-state index < -0.39 is 0 Å². The number of aryl methyl sites for hydroxylation is 1. The van der Waals surface area contributed by atoms with Crippen molar-refractivity contribution in [3.8, 4) is 0 Å². The number of nitrogens with zero attached hydrogens (tertiary/aromatic N) is 1. The van der Waals surface area contributed by atoms with Crippen molar-refractivity contribution in [1.82, 2.24) is 4.98 Å². The maximum absolute atomic E-state index is 10.7. The van der Waals surface area contributed by atoms with Crippen molar-refractivity contribution in [2.24, 2.45) is 11.7 Å². The fraction of sp³-hybridized carbons (Fsp3) is 0.500. The van der Waals surface area contributed by atoms with Crippen molar-refractivity contribution in [1.29, 1.82) is 0 Å². The lowest BCUT2D eigenvalue weighted by Gasteiger charge is -2.03. The van der Waals surface area contributed by atoms with E-state index in [1.54, 1.807) is 17.5 Å². The van der Waals surface area contributed by atoms with Crippen LogP contribution in [0.2, 0.25) is 0 Å². The molecule has 1 aromatic rings. The molecule has 0 aliphatic heterocycles. The van der Waals surface area contributed by atoms with Gasteiger partial charge in [-0.3, -0.25) is 4.79 Å². The average Bonchev–Trinajstić information content (AvgIpc) is 2.51. The fourth-order valence-electron chi connectivity index (χ4n) is 0.859. The van der Waals surface area contributed by atoms with Crippen molar-refractivity contribution in [3.05, 3.63) is 16.6 Å². The Morgan fingerprint density at radius 2 is 2.58 bits per heavy atom. The smallest absolute Gasteiger partial charge is 0.220 e. The summed E-state index contributed by atoms with van der Waals surface area (Å²) in [5.41, 5.74) is 5.12. The SMILES string of the molecule is CC(CCc1nccs1)C(N)=O. The van der Waals surface area contributed by atoms with Crippen LogP contribution in [0.15, 0.2) is 11.6 Å². The maximum atomic E-state index is 10.7. The molecule has 4 heteroatoms. The number of amides is 1. The Labute approximate surface area is 75.6 Å². The lowest BCUT2D eigenvalue weighted by molar-refractivity contribution is -0.121. The highest BCUT2D eigenvalue weighted by atomic mass is 32.1. The van der Waals surface area contributed by atoms with E-state index in [1.165, 1.54) is 0 Å². The molecule has 66 valence electrons. The molecule has 12 heavy (non-hydrogen) atoms. The van der Waals surface area contributed by atoms with Crippen molar-refractivity contribution in [3.63, 3.8) is 0 Å². The van der Waals surface area contributed by atoms with E-state index in [9.17, 15) is 4.79 Å². The number of rotatable bonds is 4. The van der Waals surface area contributed by atoms with Gasteiger partial charge in [0, 0.05) is 23.9 Å². The van der Waals surface area contributed by atoms with Gasteiger partial charge < -0.3 is 5.73 Å². The van der Waals surface area contributed by atoms with Crippen LogP contribution in [0.1, 0.15) is 18.4 Å². The van der Waals surface area contributed by atoms with Crippen LogP contribution in [0, 0.1) is 5.92 Å². The summed E-state index contributed by atoms with van der Waals surface area (Å²) in [5, 5.41) is 3.01. The quantitative estimate of drug-likeness (QED) is 0.764. The molecule has 1 unspecified atom stereocenters. The molecule has 1 heterocycles. The van der Waals surface area contributed by atoms with Gasteiger partial charge in [-0.25, -0.2) is 4.98 Å². The fourth-order valence-corrected chi connectivity index (χ4v) is 1.49. The Morgan fingerprint density at radius 1 is 1.83 bits per heavy atom. The van der Waals surface area contributed by atoms with E-state index in [1.807, 2.05) is 12.3 Å². The number of carbonyl (C=O) groups excluding carboxylic acids is 1. The van der Waals surface area contributed by atoms with Gasteiger partial charge in [0.05, 0.1) is 5.01 Å². The number of hydrogen-bond acceptors (Lipinski definition) is 3. The molecule has 0 bridgehead atoms. The van der Waals surface area contributed by atoms with Gasteiger partial charge in [-0.05, 0) is 6.42 Å². The number of hydrogen-bond donors (Lipinski definition) is 1. The molecule has 0 aromatic carbocycles. The molecule has 0 saturated carbocycles. The van der Waals surface area contributed by atoms with Gasteiger partial charge >= 0.3 is 0 Å². The second-order valence-electron chi connectivity index (χ2n) is 2.77. The van der Waals surface area contributed by atoms with Crippen molar-refractivity contribution in [2.45, 2.75) is 19.8 Å². The Kier molecular flexibility index (Phi) is 3.22. The lowest BCUT2D eigenvalue weighted by Crippen LogP contribution is -2.20. The molecule has 0 spiro atoms. The predicted octanol–water partition coefficient (Wildman–Crippen LogP) is 1.20. The van der Waals surface area contributed by atoms with Gasteiger partial charge in [0.25, 0.3) is 0 Å². The lowest BCUT2D eigenvalue weighted by atomic mass is 10.1. The average molecular weight is 184 g/mol. The Morgan fingerprint density at radius 3 is 3.08 bits per heavy atom. The highest BCUT2D eigenvalue weighted by Gasteiger charge is 2.08. The highest BCUT2D eigenvalue weighted by Crippen LogP contribution is 2.11. The molecule has 1 amide bonds. The van der Waals surface area contributed by atoms with E-state index in [4.69, 9.17) is 5.73 Å². The van der Waals surface area contributed by atoms with Crippen LogP contribution in [0.4, 0.5) is 0 Å². The van der Waals surface area contributed by atoms with Crippen molar-refractivity contribution < 1.29 is 4.79 Å².